The van der Waals surface area contributed by atoms with Crippen molar-refractivity contribution >= 4 is 39.7 Å². The van der Waals surface area contributed by atoms with Crippen LogP contribution in [0.5, 0.6) is 0 Å². The van der Waals surface area contributed by atoms with Gasteiger partial charge in [0.05, 0.1) is 12.0 Å². The van der Waals surface area contributed by atoms with E-state index in [1.807, 2.05) is 19.0 Å². The van der Waals surface area contributed by atoms with Crippen LogP contribution in [0.2, 0.25) is 0 Å². The normalized spacial score (nSPS) is 20.6. The summed E-state index contributed by atoms with van der Waals surface area (Å²) in [4.78, 5) is 36.7. The molecule has 1 aromatic heterocycles. The van der Waals surface area contributed by atoms with Gasteiger partial charge in [-0.1, -0.05) is 6.07 Å². The Kier molecular flexibility index (Phi) is 8.35. The molecule has 2 saturated heterocycles. The number of carbonyl (C=O) groups excluding carboxylic acids is 2. The van der Waals surface area contributed by atoms with Gasteiger partial charge >= 0.3 is 5.97 Å². The average molecular weight is 462 g/mol. The van der Waals surface area contributed by atoms with Crippen LogP contribution in [0, 0.1) is 5.41 Å². The number of piperidine rings is 1. The average Bonchev–Trinajstić information content (AvgIpc) is 3.31. The molecule has 2 aliphatic rings. The van der Waals surface area contributed by atoms with E-state index < -0.39 is 15.4 Å². The van der Waals surface area contributed by atoms with Gasteiger partial charge in [0.2, 0.25) is 5.91 Å². The zero-order chi connectivity index (χ0) is 22.4. The lowest BCUT2D eigenvalue weighted by molar-refractivity contribution is -0.152. The van der Waals surface area contributed by atoms with E-state index in [1.165, 1.54) is 6.07 Å². The number of thiophene rings is 1. The fourth-order valence-corrected chi connectivity index (χ4v) is 5.71. The second-order valence-electron chi connectivity index (χ2n) is 7.52. The van der Waals surface area contributed by atoms with Gasteiger partial charge in [-0.15, -0.1) is 11.3 Å². The molecule has 0 bridgehead atoms. The summed E-state index contributed by atoms with van der Waals surface area (Å²) in [6.07, 6.45) is 1.68. The number of ether oxygens (including phenoxy) is 1. The molecule has 12 heteroatoms. The first kappa shape index (κ1) is 24.3. The molecule has 1 aromatic rings. The van der Waals surface area contributed by atoms with Crippen molar-refractivity contribution < 1.29 is 32.6 Å². The van der Waals surface area contributed by atoms with Gasteiger partial charge in [-0.25, -0.2) is 13.1 Å². The van der Waals surface area contributed by atoms with Gasteiger partial charge < -0.3 is 19.6 Å². The van der Waals surface area contributed by atoms with Crippen molar-refractivity contribution in [3.63, 3.8) is 0 Å². The van der Waals surface area contributed by atoms with Crippen molar-refractivity contribution in [1.82, 2.24) is 14.5 Å². The maximum Gasteiger partial charge on any atom is 0.312 e. The summed E-state index contributed by atoms with van der Waals surface area (Å²) in [6, 6.07) is 3.15. The molecule has 0 aromatic carbocycles. The number of sulfonamides is 1. The third kappa shape index (κ3) is 6.00. The Labute approximate surface area is 179 Å². The first-order valence-corrected chi connectivity index (χ1v) is 11.7. The fourth-order valence-electron chi connectivity index (χ4n) is 3.69. The van der Waals surface area contributed by atoms with E-state index in [0.717, 1.165) is 11.3 Å². The van der Waals surface area contributed by atoms with Gasteiger partial charge in [0, 0.05) is 26.1 Å². The first-order valence-electron chi connectivity index (χ1n) is 9.38. The zero-order valence-corrected chi connectivity index (χ0v) is 18.6. The van der Waals surface area contributed by atoms with E-state index in [-0.39, 0.29) is 35.2 Å². The minimum Gasteiger partial charge on any atom is -0.483 e. The molecule has 2 aliphatic heterocycles. The number of esters is 1. The molecule has 1 unspecified atom stereocenters. The lowest BCUT2D eigenvalue weighted by Gasteiger charge is -2.36. The van der Waals surface area contributed by atoms with Gasteiger partial charge in [-0.2, -0.15) is 0 Å². The van der Waals surface area contributed by atoms with Crippen molar-refractivity contribution in [3.8, 4) is 0 Å². The maximum atomic E-state index is 12.4. The highest BCUT2D eigenvalue weighted by molar-refractivity contribution is 7.91. The number of hydrogen-bond acceptors (Lipinski definition) is 8. The fraction of sp³-hybridized carbons (Fsp3) is 0.611. The number of rotatable bonds is 6. The van der Waals surface area contributed by atoms with Gasteiger partial charge in [0.25, 0.3) is 16.5 Å². The molecule has 1 amide bonds. The summed E-state index contributed by atoms with van der Waals surface area (Å²) >= 11 is 1.10. The van der Waals surface area contributed by atoms with Crippen LogP contribution in [0.3, 0.4) is 0 Å². The summed E-state index contributed by atoms with van der Waals surface area (Å²) in [5, 5.41) is 8.56. The number of likely N-dealkylation sites (tertiary alicyclic amines) is 1. The van der Waals surface area contributed by atoms with Gasteiger partial charge in [0.1, 0.15) is 10.3 Å². The molecule has 0 saturated carbocycles. The number of likely N-dealkylation sites (N-methyl/N-ethyl adjacent to an activating group) is 1. The molecule has 0 radical (unpaired) electrons. The highest BCUT2D eigenvalue weighted by Crippen LogP contribution is 2.43. The predicted octanol–water partition coefficient (Wildman–Crippen LogP) is 0.213. The van der Waals surface area contributed by atoms with Crippen LogP contribution in [0.25, 0.3) is 0 Å². The second kappa shape index (κ2) is 10.3. The van der Waals surface area contributed by atoms with Crippen LogP contribution in [0.1, 0.15) is 19.3 Å². The third-order valence-electron chi connectivity index (χ3n) is 5.14. The van der Waals surface area contributed by atoms with Crippen molar-refractivity contribution in [2.24, 2.45) is 5.41 Å². The second-order valence-corrected chi connectivity index (χ2v) is 10.5. The highest BCUT2D eigenvalue weighted by Gasteiger charge is 2.50. The molecule has 30 heavy (non-hydrogen) atoms. The first-order chi connectivity index (χ1) is 14.1. The molecular formula is C18H27N3O7S2. The Morgan fingerprint density at radius 3 is 2.60 bits per heavy atom. The van der Waals surface area contributed by atoms with E-state index in [0.29, 0.717) is 38.9 Å². The predicted molar refractivity (Wildman–Crippen MR) is 109 cm³/mol. The number of carboxylic acid groups (broad SMARTS) is 1. The standard InChI is InChI=1S/C17H25N3O5S2.CH2O2/c1-19(2)12-13-10-17(16(22)25-13)5-7-20(8-6-17)14(21)11-18-27(23,24)15-4-3-9-26-15;2-1-3/h3-4,9,13,18H,5-8,10-12H2,1-2H3;1H,(H,2,3). The number of nitrogens with zero attached hydrogens (tertiary/aromatic N) is 2. The SMILES string of the molecule is CN(C)CC1CC2(CCN(C(=O)CNS(=O)(=O)c3cccs3)CC2)C(=O)O1.O=CO. The summed E-state index contributed by atoms with van der Waals surface area (Å²) in [5.74, 6) is -0.443. The Hall–Kier alpha value is -2.02. The molecule has 1 atom stereocenters. The molecule has 3 heterocycles. The van der Waals surface area contributed by atoms with E-state index in [4.69, 9.17) is 14.6 Å². The minimum absolute atomic E-state index is 0.104. The summed E-state index contributed by atoms with van der Waals surface area (Å²) < 4.78 is 32.3. The third-order valence-corrected chi connectivity index (χ3v) is 7.94. The van der Waals surface area contributed by atoms with E-state index in [1.54, 1.807) is 16.3 Å². The summed E-state index contributed by atoms with van der Waals surface area (Å²) in [5.41, 5.74) is -0.506. The van der Waals surface area contributed by atoms with Crippen LogP contribution >= 0.6 is 11.3 Å². The van der Waals surface area contributed by atoms with Gasteiger partial charge in [-0.05, 0) is 38.4 Å². The molecule has 3 rings (SSSR count). The van der Waals surface area contributed by atoms with E-state index >= 15 is 0 Å². The van der Waals surface area contributed by atoms with Crippen LogP contribution in [-0.2, 0) is 29.1 Å². The van der Waals surface area contributed by atoms with Crippen molar-refractivity contribution in [1.29, 1.82) is 0 Å². The Morgan fingerprint density at radius 2 is 2.07 bits per heavy atom. The summed E-state index contributed by atoms with van der Waals surface area (Å²) in [6.45, 7) is 1.04. The van der Waals surface area contributed by atoms with E-state index in [9.17, 15) is 18.0 Å². The summed E-state index contributed by atoms with van der Waals surface area (Å²) in [7, 11) is 0.225. The van der Waals surface area contributed by atoms with Gasteiger partial charge in [0.15, 0.2) is 0 Å². The molecule has 1 spiro atoms. The zero-order valence-electron chi connectivity index (χ0n) is 16.9. The number of carbonyl (C=O) groups is 3. The van der Waals surface area contributed by atoms with Crippen LogP contribution in [0.15, 0.2) is 21.7 Å². The molecule has 10 nitrogen and oxygen atoms in total. The molecule has 168 valence electrons. The quantitative estimate of drug-likeness (QED) is 0.454. The van der Waals surface area contributed by atoms with Crippen LogP contribution in [0.4, 0.5) is 0 Å². The Balaban J connectivity index is 0.00000101. The Bertz CT molecular complexity index is 832. The van der Waals surface area contributed by atoms with Gasteiger partial charge in [-0.3, -0.25) is 14.4 Å². The molecule has 0 aliphatic carbocycles. The van der Waals surface area contributed by atoms with E-state index in [2.05, 4.69) is 4.72 Å². The lowest BCUT2D eigenvalue weighted by atomic mass is 9.76. The number of hydrogen-bond donors (Lipinski definition) is 2. The monoisotopic (exact) mass is 461 g/mol. The molecule has 2 N–H and O–H groups in total. The van der Waals surface area contributed by atoms with Crippen molar-refractivity contribution in [2.45, 2.75) is 29.6 Å². The molecular weight excluding hydrogens is 434 g/mol. The number of cyclic esters (lactones) is 1. The smallest absolute Gasteiger partial charge is 0.312 e. The Morgan fingerprint density at radius 1 is 1.43 bits per heavy atom. The highest BCUT2D eigenvalue weighted by atomic mass is 32.2. The topological polar surface area (TPSA) is 133 Å². The number of nitrogens with one attached hydrogen (secondary N) is 1. The van der Waals surface area contributed by atoms with Crippen LogP contribution < -0.4 is 4.72 Å². The van der Waals surface area contributed by atoms with Crippen molar-refractivity contribution in [2.75, 3.05) is 40.3 Å². The van der Waals surface area contributed by atoms with Crippen molar-refractivity contribution in [3.05, 3.63) is 17.5 Å². The number of amides is 1. The largest absolute Gasteiger partial charge is 0.483 e. The maximum absolute atomic E-state index is 12.4. The van der Waals surface area contributed by atoms with Crippen LogP contribution in [-0.4, -0.2) is 88.1 Å². The lowest BCUT2D eigenvalue weighted by Crippen LogP contribution is -2.48. The molecule has 2 fully saturated rings. The minimum atomic E-state index is -3.66.